The lowest BCUT2D eigenvalue weighted by molar-refractivity contribution is 0.0976. The summed E-state index contributed by atoms with van der Waals surface area (Å²) in [5, 5.41) is 3.51. The normalized spacial score (nSPS) is 16.6. The van der Waals surface area contributed by atoms with Crippen LogP contribution in [0.15, 0.2) is 114 Å². The molecule has 12 heteroatoms. The average molecular weight is 833 g/mol. The van der Waals surface area contributed by atoms with E-state index in [1.807, 2.05) is 76.7 Å². The van der Waals surface area contributed by atoms with Crippen LogP contribution >= 0.6 is 0 Å². The Kier molecular flexibility index (Phi) is 11.3. The van der Waals surface area contributed by atoms with Gasteiger partial charge in [-0.2, -0.15) is 0 Å². The van der Waals surface area contributed by atoms with Crippen molar-refractivity contribution < 1.29 is 38.0 Å². The molecule has 5 aromatic carbocycles. The molecule has 1 N–H and O–H groups in total. The number of para-hydroxylation sites is 2. The molecular formula is C50H48N4O8. The van der Waals surface area contributed by atoms with Gasteiger partial charge in [-0.3, -0.25) is 19.5 Å². The molecule has 0 saturated carbocycles. The molecule has 12 nitrogen and oxygen atoms in total. The summed E-state index contributed by atoms with van der Waals surface area (Å²) < 4.78 is 36.1. The lowest BCUT2D eigenvalue weighted by Crippen LogP contribution is -2.39. The minimum Gasteiger partial charge on any atom is -0.494 e. The van der Waals surface area contributed by atoms with Crippen molar-refractivity contribution >= 4 is 40.8 Å². The topological polar surface area (TPSA) is 120 Å². The Labute approximate surface area is 361 Å². The van der Waals surface area contributed by atoms with Gasteiger partial charge in [0.1, 0.15) is 24.7 Å². The zero-order chi connectivity index (χ0) is 42.7. The quantitative estimate of drug-likeness (QED) is 0.0626. The summed E-state index contributed by atoms with van der Waals surface area (Å²) in [5.74, 6) is 2.98. The van der Waals surface area contributed by atoms with E-state index in [0.29, 0.717) is 70.8 Å². The van der Waals surface area contributed by atoms with Crippen LogP contribution in [-0.4, -0.2) is 64.6 Å². The van der Waals surface area contributed by atoms with Crippen LogP contribution < -0.4 is 38.8 Å². The Hall–Kier alpha value is -7.17. The Balaban J connectivity index is 0.949. The summed E-state index contributed by atoms with van der Waals surface area (Å²) in [6.07, 6.45) is 5.68. The molecule has 0 spiro atoms. The van der Waals surface area contributed by atoms with Crippen LogP contribution in [0.2, 0.25) is 0 Å². The molecule has 4 aliphatic heterocycles. The number of hydrogen-bond donors (Lipinski definition) is 1. The number of anilines is 3. The fourth-order valence-corrected chi connectivity index (χ4v) is 8.74. The minimum absolute atomic E-state index is 0.00313. The van der Waals surface area contributed by atoms with Gasteiger partial charge in [0.25, 0.3) is 11.8 Å². The van der Waals surface area contributed by atoms with E-state index in [1.54, 1.807) is 39.5 Å². The van der Waals surface area contributed by atoms with Crippen LogP contribution in [0.4, 0.5) is 22.7 Å². The summed E-state index contributed by atoms with van der Waals surface area (Å²) in [6.45, 7) is 5.11. The number of unbranched alkanes of at least 4 members (excludes halogenated alkanes) is 1. The number of rotatable bonds is 15. The lowest BCUT2D eigenvalue weighted by atomic mass is 10.1. The monoisotopic (exact) mass is 832 g/mol. The summed E-state index contributed by atoms with van der Waals surface area (Å²) in [4.78, 5) is 36.5. The van der Waals surface area contributed by atoms with Crippen molar-refractivity contribution in [3.8, 4) is 28.7 Å². The third kappa shape index (κ3) is 7.81. The summed E-state index contributed by atoms with van der Waals surface area (Å²) >= 11 is 0. The number of methoxy groups -OCH3 is 3. The second kappa shape index (κ2) is 17.4. The van der Waals surface area contributed by atoms with Crippen molar-refractivity contribution in [3.05, 3.63) is 142 Å². The van der Waals surface area contributed by atoms with Gasteiger partial charge in [0.2, 0.25) is 0 Å². The van der Waals surface area contributed by atoms with Crippen molar-refractivity contribution in [2.75, 3.05) is 49.6 Å². The smallest absolute Gasteiger partial charge is 0.261 e. The Bertz CT molecular complexity index is 2630. The largest absolute Gasteiger partial charge is 0.494 e. The van der Waals surface area contributed by atoms with Gasteiger partial charge in [0, 0.05) is 49.1 Å². The number of nitrogens with one attached hydrogen (secondary N) is 1. The molecule has 0 unspecified atom stereocenters. The van der Waals surface area contributed by atoms with Crippen molar-refractivity contribution in [3.63, 3.8) is 0 Å². The highest BCUT2D eigenvalue weighted by Gasteiger charge is 2.38. The maximum atomic E-state index is 14.0. The highest BCUT2D eigenvalue weighted by Crippen LogP contribution is 2.43. The van der Waals surface area contributed by atoms with Crippen LogP contribution in [0.25, 0.3) is 0 Å². The van der Waals surface area contributed by atoms with Crippen molar-refractivity contribution in [2.24, 2.45) is 4.99 Å². The van der Waals surface area contributed by atoms with Crippen LogP contribution in [-0.2, 0) is 30.8 Å². The number of benzene rings is 5. The number of nitrogens with zero attached hydrogens (tertiary/aromatic N) is 3. The summed E-state index contributed by atoms with van der Waals surface area (Å²) in [5.41, 5.74) is 10.8. The average Bonchev–Trinajstić information content (AvgIpc) is 3.79. The van der Waals surface area contributed by atoms with Gasteiger partial charge in [-0.1, -0.05) is 48.7 Å². The maximum absolute atomic E-state index is 14.0. The number of amides is 2. The number of aliphatic imine (C=N–C) groups is 1. The fourth-order valence-electron chi connectivity index (χ4n) is 8.74. The van der Waals surface area contributed by atoms with Crippen molar-refractivity contribution in [1.29, 1.82) is 0 Å². The molecule has 2 amide bonds. The zero-order valence-electron chi connectivity index (χ0n) is 35.1. The third-order valence-corrected chi connectivity index (χ3v) is 11.8. The van der Waals surface area contributed by atoms with E-state index in [-0.39, 0.29) is 37.1 Å². The first-order valence-electron chi connectivity index (χ1n) is 20.8. The third-order valence-electron chi connectivity index (χ3n) is 11.8. The first-order valence-corrected chi connectivity index (χ1v) is 20.8. The van der Waals surface area contributed by atoms with Crippen molar-refractivity contribution in [2.45, 2.75) is 57.4 Å². The summed E-state index contributed by atoms with van der Waals surface area (Å²) in [6, 6.07) is 28.8. The van der Waals surface area contributed by atoms with Crippen LogP contribution in [0, 0.1) is 0 Å². The first-order chi connectivity index (χ1) is 30.3. The van der Waals surface area contributed by atoms with Gasteiger partial charge in [0.05, 0.1) is 62.5 Å². The zero-order valence-corrected chi connectivity index (χ0v) is 35.1. The van der Waals surface area contributed by atoms with Crippen LogP contribution in [0.3, 0.4) is 0 Å². The number of carbonyl (C=O) groups excluding carboxylic acids is 2. The second-order valence-electron chi connectivity index (χ2n) is 15.6. The van der Waals surface area contributed by atoms with Gasteiger partial charge in [-0.15, -0.1) is 0 Å². The van der Waals surface area contributed by atoms with Gasteiger partial charge >= 0.3 is 0 Å². The molecule has 62 heavy (non-hydrogen) atoms. The summed E-state index contributed by atoms with van der Waals surface area (Å²) in [7, 11) is 4.75. The van der Waals surface area contributed by atoms with E-state index in [2.05, 4.69) is 29.8 Å². The molecule has 5 aromatic rings. The Morgan fingerprint density at radius 1 is 0.742 bits per heavy atom. The van der Waals surface area contributed by atoms with Crippen molar-refractivity contribution in [1.82, 2.24) is 0 Å². The molecule has 0 fully saturated rings. The van der Waals surface area contributed by atoms with Crippen LogP contribution in [0.1, 0.15) is 62.2 Å². The van der Waals surface area contributed by atoms with E-state index in [9.17, 15) is 9.59 Å². The highest BCUT2D eigenvalue weighted by molar-refractivity contribution is 6.15. The van der Waals surface area contributed by atoms with E-state index in [0.717, 1.165) is 59.5 Å². The van der Waals surface area contributed by atoms with Gasteiger partial charge in [0.15, 0.2) is 23.0 Å². The number of allylic oxidation sites excluding steroid dienone is 1. The molecule has 4 heterocycles. The van der Waals surface area contributed by atoms with Gasteiger partial charge in [-0.05, 0) is 84.0 Å². The Morgan fingerprint density at radius 3 is 2.08 bits per heavy atom. The number of carbonyl (C=O) groups is 2. The maximum Gasteiger partial charge on any atom is 0.261 e. The van der Waals surface area contributed by atoms with Gasteiger partial charge < -0.3 is 38.6 Å². The lowest BCUT2D eigenvalue weighted by Gasteiger charge is -2.22. The van der Waals surface area contributed by atoms with E-state index in [4.69, 9.17) is 33.4 Å². The predicted octanol–water partition coefficient (Wildman–Crippen LogP) is 9.01. The molecular weight excluding hydrogens is 785 g/mol. The molecule has 2 atom stereocenters. The standard InChI is InChI=1S/C50H48N4O8/c1-5-37(57-2)14-10-11-17-60-38-19-31(29-61-47-25-41-39(23-45(47)58-3)49(55)53-35(27-51-41)21-33-12-6-8-15-43(33)53)18-32(20-38)30-62-48-26-42-40(24-46(48)59-4)50(56)54-36(28-52-42)22-34-13-7-9-16-44(34)54/h6-9,12-13,15-16,18-20,23-27,35-36,52H,1,10-11,14,17,21-22,28-30H2,2-4H3/t35-,36-/m0/s1. The minimum atomic E-state index is -0.174. The fraction of sp³-hybridized carbons (Fsp3) is 0.280. The molecule has 0 aliphatic carbocycles. The predicted molar refractivity (Wildman–Crippen MR) is 238 cm³/mol. The van der Waals surface area contributed by atoms with E-state index in [1.165, 1.54) is 5.56 Å². The second-order valence-corrected chi connectivity index (χ2v) is 15.6. The molecule has 0 aromatic heterocycles. The van der Waals surface area contributed by atoms with Gasteiger partial charge in [-0.25, -0.2) is 0 Å². The SMILES string of the molecule is C=C=C(CCCCOc1cc(COc2cc3c(cc2OC)C(=O)N2c4ccccc4C[C@H]2C=N3)cc(COc2cc3c(cc2OC)C(=O)N2c4ccccc4C[C@H]2CN3)c1)OC. The molecule has 0 bridgehead atoms. The molecule has 316 valence electrons. The molecule has 4 aliphatic rings. The number of ether oxygens (including phenoxy) is 6. The van der Waals surface area contributed by atoms with E-state index < -0.39 is 0 Å². The number of fused-ring (bicyclic) bond motifs is 8. The van der Waals surface area contributed by atoms with Crippen LogP contribution in [0.5, 0.6) is 28.7 Å². The molecule has 0 saturated heterocycles. The first kappa shape index (κ1) is 40.2. The van der Waals surface area contributed by atoms with E-state index >= 15 is 0 Å². The Morgan fingerprint density at radius 2 is 1.39 bits per heavy atom. The molecule has 0 radical (unpaired) electrons. The molecule has 9 rings (SSSR count). The number of hydrogen-bond acceptors (Lipinski definition) is 10. The highest BCUT2D eigenvalue weighted by atomic mass is 16.5.